The summed E-state index contributed by atoms with van der Waals surface area (Å²) in [6, 6.07) is 14.8. The van der Waals surface area contributed by atoms with E-state index in [1.165, 1.54) is 0 Å². The Morgan fingerprint density at radius 2 is 1.92 bits per heavy atom. The van der Waals surface area contributed by atoms with Crippen molar-refractivity contribution in [1.82, 2.24) is 0 Å². The van der Waals surface area contributed by atoms with Crippen molar-refractivity contribution < 1.29 is 14.3 Å². The highest BCUT2D eigenvalue weighted by molar-refractivity contribution is 6.06. The largest absolute Gasteiger partial charge is 0.493 e. The van der Waals surface area contributed by atoms with Crippen LogP contribution in [0.25, 0.3) is 0 Å². The van der Waals surface area contributed by atoms with Crippen LogP contribution in [0, 0.1) is 0 Å². The quantitative estimate of drug-likeness (QED) is 0.886. The number of anilines is 2. The van der Waals surface area contributed by atoms with Crippen molar-refractivity contribution in [3.05, 3.63) is 54.1 Å². The van der Waals surface area contributed by atoms with Gasteiger partial charge in [-0.15, -0.1) is 0 Å². The van der Waals surface area contributed by atoms with Gasteiger partial charge in [-0.25, -0.2) is 0 Å². The minimum Gasteiger partial charge on any atom is -0.493 e. The van der Waals surface area contributed by atoms with E-state index in [2.05, 4.69) is 10.6 Å². The molecule has 0 saturated carbocycles. The number of nitrogens with one attached hydrogen (secondary N) is 2. The van der Waals surface area contributed by atoms with Crippen LogP contribution in [0.4, 0.5) is 11.4 Å². The van der Waals surface area contributed by atoms with E-state index >= 15 is 0 Å². The summed E-state index contributed by atoms with van der Waals surface area (Å²) >= 11 is 0. The van der Waals surface area contributed by atoms with Crippen molar-refractivity contribution in [2.45, 2.75) is 25.7 Å². The van der Waals surface area contributed by atoms with Gasteiger partial charge in [0.2, 0.25) is 11.8 Å². The van der Waals surface area contributed by atoms with Gasteiger partial charge in [0.1, 0.15) is 5.75 Å². The predicted molar refractivity (Wildman–Crippen MR) is 93.3 cm³/mol. The lowest BCUT2D eigenvalue weighted by Crippen LogP contribution is -2.27. The molecule has 2 N–H and O–H groups in total. The smallest absolute Gasteiger partial charge is 0.234 e. The molecule has 0 fully saturated rings. The van der Waals surface area contributed by atoms with Gasteiger partial charge in [-0.05, 0) is 49.7 Å². The minimum atomic E-state index is -0.591. The van der Waals surface area contributed by atoms with E-state index in [1.54, 1.807) is 6.07 Å². The first-order chi connectivity index (χ1) is 11.5. The first-order valence-electron chi connectivity index (χ1n) is 7.90. The Labute approximate surface area is 141 Å². The van der Waals surface area contributed by atoms with Crippen LogP contribution in [-0.4, -0.2) is 18.4 Å². The van der Waals surface area contributed by atoms with Gasteiger partial charge >= 0.3 is 0 Å². The van der Waals surface area contributed by atoms with Crippen molar-refractivity contribution in [2.75, 3.05) is 17.2 Å². The summed E-state index contributed by atoms with van der Waals surface area (Å²) < 4.78 is 5.52. The second-order valence-corrected chi connectivity index (χ2v) is 6.30. The molecule has 0 bridgehead atoms. The molecule has 24 heavy (non-hydrogen) atoms. The molecule has 1 aliphatic heterocycles. The van der Waals surface area contributed by atoms with Crippen molar-refractivity contribution in [2.24, 2.45) is 0 Å². The van der Waals surface area contributed by atoms with Crippen LogP contribution in [0.5, 0.6) is 5.75 Å². The number of carbonyl (C=O) groups excluding carboxylic acids is 2. The van der Waals surface area contributed by atoms with Gasteiger partial charge in [-0.1, -0.05) is 18.2 Å². The molecule has 5 nitrogen and oxygen atoms in total. The second kappa shape index (κ2) is 6.35. The third kappa shape index (κ3) is 3.25. The number of rotatable bonds is 5. The number of carbonyl (C=O) groups is 2. The molecule has 2 aromatic carbocycles. The molecule has 2 amide bonds. The van der Waals surface area contributed by atoms with E-state index in [-0.39, 0.29) is 18.2 Å². The summed E-state index contributed by atoms with van der Waals surface area (Å²) in [6.45, 7) is 4.05. The fraction of sp³-hybridized carbons (Fsp3) is 0.263. The molecule has 0 atom stereocenters. The molecule has 1 heterocycles. The summed E-state index contributed by atoms with van der Waals surface area (Å²) in [5.74, 6) is 0.590. The van der Waals surface area contributed by atoms with E-state index < -0.39 is 5.41 Å². The van der Waals surface area contributed by atoms with E-state index in [0.29, 0.717) is 12.3 Å². The van der Waals surface area contributed by atoms with Crippen LogP contribution < -0.4 is 15.4 Å². The standard InChI is InChI=1S/C19H20N2O3/c1-19(2)15-12-13(8-9-16(15)21-18(19)23)20-17(22)10-11-24-14-6-4-3-5-7-14/h3-9,12H,10-11H2,1-2H3,(H,20,22)(H,21,23). The van der Waals surface area contributed by atoms with E-state index in [0.717, 1.165) is 17.0 Å². The lowest BCUT2D eigenvalue weighted by Gasteiger charge is -2.16. The zero-order valence-corrected chi connectivity index (χ0v) is 13.8. The highest BCUT2D eigenvalue weighted by Gasteiger charge is 2.38. The average molecular weight is 324 g/mol. The van der Waals surface area contributed by atoms with Gasteiger partial charge in [-0.2, -0.15) is 0 Å². The third-order valence-electron chi connectivity index (χ3n) is 4.13. The number of amides is 2. The van der Waals surface area contributed by atoms with Crippen LogP contribution in [0.1, 0.15) is 25.8 Å². The van der Waals surface area contributed by atoms with Gasteiger partial charge in [0, 0.05) is 11.4 Å². The van der Waals surface area contributed by atoms with E-state index in [4.69, 9.17) is 4.74 Å². The van der Waals surface area contributed by atoms with E-state index in [1.807, 2.05) is 56.3 Å². The van der Waals surface area contributed by atoms with Crippen molar-refractivity contribution in [3.63, 3.8) is 0 Å². The SMILES string of the molecule is CC1(C)C(=O)Nc2ccc(NC(=O)CCOc3ccccc3)cc21. The van der Waals surface area contributed by atoms with Crippen LogP contribution >= 0.6 is 0 Å². The Balaban J connectivity index is 1.58. The molecule has 0 spiro atoms. The Morgan fingerprint density at radius 1 is 1.17 bits per heavy atom. The minimum absolute atomic E-state index is 0.0303. The second-order valence-electron chi connectivity index (χ2n) is 6.30. The molecule has 5 heteroatoms. The summed E-state index contributed by atoms with van der Waals surface area (Å²) in [5.41, 5.74) is 1.79. The third-order valence-corrected chi connectivity index (χ3v) is 4.13. The summed E-state index contributed by atoms with van der Waals surface area (Å²) in [6.07, 6.45) is 0.257. The van der Waals surface area contributed by atoms with Crippen LogP contribution in [-0.2, 0) is 15.0 Å². The Morgan fingerprint density at radius 3 is 2.67 bits per heavy atom. The zero-order chi connectivity index (χ0) is 17.2. The molecule has 3 rings (SSSR count). The summed E-state index contributed by atoms with van der Waals surface area (Å²) in [4.78, 5) is 24.0. The van der Waals surface area contributed by atoms with Gasteiger partial charge < -0.3 is 15.4 Å². The highest BCUT2D eigenvalue weighted by Crippen LogP contribution is 2.38. The van der Waals surface area contributed by atoms with Gasteiger partial charge in [-0.3, -0.25) is 9.59 Å². The number of ether oxygens (including phenoxy) is 1. The van der Waals surface area contributed by atoms with Crippen molar-refractivity contribution >= 4 is 23.2 Å². The van der Waals surface area contributed by atoms with Gasteiger partial charge in [0.05, 0.1) is 18.4 Å². The molecular weight excluding hydrogens is 304 g/mol. The maximum absolute atomic E-state index is 12.1. The maximum Gasteiger partial charge on any atom is 0.234 e. The van der Waals surface area contributed by atoms with Crippen molar-refractivity contribution in [3.8, 4) is 5.75 Å². The predicted octanol–water partition coefficient (Wildman–Crippen LogP) is 3.32. The number of para-hydroxylation sites is 1. The lowest BCUT2D eigenvalue weighted by molar-refractivity contribution is -0.119. The highest BCUT2D eigenvalue weighted by atomic mass is 16.5. The fourth-order valence-electron chi connectivity index (χ4n) is 2.65. The first kappa shape index (κ1) is 16.1. The molecule has 1 aliphatic rings. The number of hydrogen-bond donors (Lipinski definition) is 2. The van der Waals surface area contributed by atoms with Crippen LogP contribution in [0.3, 0.4) is 0 Å². The van der Waals surface area contributed by atoms with Crippen LogP contribution in [0.15, 0.2) is 48.5 Å². The monoisotopic (exact) mass is 324 g/mol. The number of benzene rings is 2. The maximum atomic E-state index is 12.1. The molecule has 124 valence electrons. The fourth-order valence-corrected chi connectivity index (χ4v) is 2.65. The molecule has 2 aromatic rings. The van der Waals surface area contributed by atoms with Gasteiger partial charge in [0.15, 0.2) is 0 Å². The molecule has 0 saturated heterocycles. The number of hydrogen-bond acceptors (Lipinski definition) is 3. The topological polar surface area (TPSA) is 67.4 Å². The molecule has 0 radical (unpaired) electrons. The Kier molecular flexibility index (Phi) is 4.25. The Bertz CT molecular complexity index is 769. The number of fused-ring (bicyclic) bond motifs is 1. The molecule has 0 aliphatic carbocycles. The Hall–Kier alpha value is -2.82. The average Bonchev–Trinajstić information content (AvgIpc) is 2.78. The normalized spacial score (nSPS) is 14.7. The van der Waals surface area contributed by atoms with Gasteiger partial charge in [0.25, 0.3) is 0 Å². The summed E-state index contributed by atoms with van der Waals surface area (Å²) in [7, 11) is 0. The van der Waals surface area contributed by atoms with E-state index in [9.17, 15) is 9.59 Å². The molecule has 0 aromatic heterocycles. The first-order valence-corrected chi connectivity index (χ1v) is 7.90. The van der Waals surface area contributed by atoms with Crippen molar-refractivity contribution in [1.29, 1.82) is 0 Å². The zero-order valence-electron chi connectivity index (χ0n) is 13.8. The molecule has 0 unspecified atom stereocenters. The van der Waals surface area contributed by atoms with Crippen LogP contribution in [0.2, 0.25) is 0 Å². The summed E-state index contributed by atoms with van der Waals surface area (Å²) in [5, 5.41) is 5.70. The molecular formula is C19H20N2O3. The lowest BCUT2D eigenvalue weighted by atomic mass is 9.86.